The largest absolute Gasteiger partial charge is 0.381 e. The lowest BCUT2D eigenvalue weighted by atomic mass is 10.1. The first-order valence-corrected chi connectivity index (χ1v) is 8.72. The van der Waals surface area contributed by atoms with E-state index in [1.807, 2.05) is 0 Å². The van der Waals surface area contributed by atoms with Crippen molar-refractivity contribution in [1.82, 2.24) is 14.8 Å². The average molecular weight is 312 g/mol. The van der Waals surface area contributed by atoms with Crippen LogP contribution in [0.3, 0.4) is 0 Å². The zero-order valence-electron chi connectivity index (χ0n) is 14.5. The zero-order chi connectivity index (χ0) is 16.2. The van der Waals surface area contributed by atoms with Crippen molar-refractivity contribution in [2.75, 3.05) is 45.1 Å². The molecule has 0 amide bonds. The van der Waals surface area contributed by atoms with Crippen molar-refractivity contribution in [1.29, 1.82) is 0 Å². The van der Waals surface area contributed by atoms with E-state index in [0.717, 1.165) is 24.2 Å². The van der Waals surface area contributed by atoms with Crippen LogP contribution in [0.2, 0.25) is 0 Å². The van der Waals surface area contributed by atoms with Crippen LogP contribution in [0.15, 0.2) is 30.3 Å². The summed E-state index contributed by atoms with van der Waals surface area (Å²) in [6.07, 6.45) is 0.965. The van der Waals surface area contributed by atoms with E-state index in [1.165, 1.54) is 37.3 Å². The van der Waals surface area contributed by atoms with Gasteiger partial charge in [0, 0.05) is 55.5 Å². The van der Waals surface area contributed by atoms with Gasteiger partial charge in [-0.2, -0.15) is 0 Å². The smallest absolute Gasteiger partial charge is 0.0726 e. The second-order valence-electron chi connectivity index (χ2n) is 6.68. The maximum Gasteiger partial charge on any atom is 0.0726 e. The summed E-state index contributed by atoms with van der Waals surface area (Å²) >= 11 is 0. The number of aryl methyl sites for hydroxylation is 1. The molecule has 0 bridgehead atoms. The van der Waals surface area contributed by atoms with E-state index in [0.29, 0.717) is 6.04 Å². The molecule has 2 heterocycles. The number of rotatable bonds is 5. The summed E-state index contributed by atoms with van der Waals surface area (Å²) in [6.45, 7) is 10.2. The molecule has 1 aromatic carbocycles. The minimum absolute atomic E-state index is 0.425. The van der Waals surface area contributed by atoms with Crippen molar-refractivity contribution < 1.29 is 0 Å². The number of hydrogen-bond donors (Lipinski definition) is 1. The second kappa shape index (κ2) is 7.28. The highest BCUT2D eigenvalue weighted by Gasteiger charge is 2.16. The van der Waals surface area contributed by atoms with Crippen LogP contribution in [-0.2, 0) is 6.42 Å². The van der Waals surface area contributed by atoms with Gasteiger partial charge in [0.05, 0.1) is 5.52 Å². The van der Waals surface area contributed by atoms with Gasteiger partial charge in [0.25, 0.3) is 0 Å². The molecular weight excluding hydrogens is 284 g/mol. The molecule has 1 unspecified atom stereocenters. The monoisotopic (exact) mass is 312 g/mol. The van der Waals surface area contributed by atoms with Crippen LogP contribution in [0.4, 0.5) is 5.69 Å². The van der Waals surface area contributed by atoms with Crippen LogP contribution in [0, 0.1) is 0 Å². The summed E-state index contributed by atoms with van der Waals surface area (Å²) < 4.78 is 0. The Hall–Kier alpha value is -1.65. The molecule has 23 heavy (non-hydrogen) atoms. The molecule has 1 atom stereocenters. The van der Waals surface area contributed by atoms with E-state index >= 15 is 0 Å². The molecule has 4 heteroatoms. The topological polar surface area (TPSA) is 31.4 Å². The minimum atomic E-state index is 0.425. The number of aromatic nitrogens is 1. The van der Waals surface area contributed by atoms with Gasteiger partial charge in [-0.1, -0.05) is 25.1 Å². The van der Waals surface area contributed by atoms with Gasteiger partial charge in [-0.3, -0.25) is 9.88 Å². The first-order valence-electron chi connectivity index (χ1n) is 8.72. The molecule has 2 aromatic rings. The van der Waals surface area contributed by atoms with Crippen LogP contribution in [0.25, 0.3) is 10.9 Å². The van der Waals surface area contributed by atoms with Crippen LogP contribution < -0.4 is 5.32 Å². The van der Waals surface area contributed by atoms with Gasteiger partial charge in [0.15, 0.2) is 0 Å². The molecule has 1 aromatic heterocycles. The third-order valence-electron chi connectivity index (χ3n) is 4.66. The lowest BCUT2D eigenvalue weighted by molar-refractivity contribution is 0.151. The van der Waals surface area contributed by atoms with Crippen molar-refractivity contribution >= 4 is 16.6 Å². The van der Waals surface area contributed by atoms with Gasteiger partial charge in [0.2, 0.25) is 0 Å². The summed E-state index contributed by atoms with van der Waals surface area (Å²) in [6, 6.07) is 11.0. The normalized spacial score (nSPS) is 18.2. The van der Waals surface area contributed by atoms with Gasteiger partial charge in [-0.05, 0) is 32.5 Å². The van der Waals surface area contributed by atoms with Gasteiger partial charge in [0.1, 0.15) is 0 Å². The van der Waals surface area contributed by atoms with Gasteiger partial charge in [-0.15, -0.1) is 0 Å². The Morgan fingerprint density at radius 3 is 2.65 bits per heavy atom. The third-order valence-corrected chi connectivity index (χ3v) is 4.66. The van der Waals surface area contributed by atoms with E-state index in [9.17, 15) is 0 Å². The number of benzene rings is 1. The molecule has 1 aliphatic heterocycles. The summed E-state index contributed by atoms with van der Waals surface area (Å²) in [4.78, 5) is 9.69. The molecule has 3 rings (SSSR count). The minimum Gasteiger partial charge on any atom is -0.381 e. The molecule has 0 radical (unpaired) electrons. The standard InChI is InChI=1S/C19H28N4/c1-4-16-13-19(17-7-5-6-8-18(17)21-16)20-15(2)14-23-11-9-22(3)10-12-23/h5-8,13,15H,4,9-12,14H2,1-3H3,(H,20,21). The molecule has 1 N–H and O–H groups in total. The fourth-order valence-electron chi connectivity index (χ4n) is 3.26. The lowest BCUT2D eigenvalue weighted by Gasteiger charge is -2.34. The highest BCUT2D eigenvalue weighted by atomic mass is 15.3. The summed E-state index contributed by atoms with van der Waals surface area (Å²) in [7, 11) is 2.20. The molecule has 1 fully saturated rings. The highest BCUT2D eigenvalue weighted by Crippen LogP contribution is 2.24. The third kappa shape index (κ3) is 4.01. The number of nitrogens with one attached hydrogen (secondary N) is 1. The molecule has 4 nitrogen and oxygen atoms in total. The molecule has 0 aliphatic carbocycles. The maximum absolute atomic E-state index is 4.73. The van der Waals surface area contributed by atoms with Crippen LogP contribution in [0.1, 0.15) is 19.5 Å². The van der Waals surface area contributed by atoms with Crippen LogP contribution >= 0.6 is 0 Å². The SMILES string of the molecule is CCc1cc(NC(C)CN2CCN(C)CC2)c2ccccc2n1. The van der Waals surface area contributed by atoms with Crippen molar-refractivity contribution in [3.05, 3.63) is 36.0 Å². The Morgan fingerprint density at radius 1 is 1.17 bits per heavy atom. The Bertz CT molecular complexity index is 647. The molecule has 1 saturated heterocycles. The predicted molar refractivity (Wildman–Crippen MR) is 98.1 cm³/mol. The first kappa shape index (κ1) is 16.2. The lowest BCUT2D eigenvalue weighted by Crippen LogP contribution is -2.47. The van der Waals surface area contributed by atoms with Crippen molar-refractivity contribution in [3.63, 3.8) is 0 Å². The Morgan fingerprint density at radius 2 is 1.91 bits per heavy atom. The van der Waals surface area contributed by atoms with E-state index in [-0.39, 0.29) is 0 Å². The molecule has 0 saturated carbocycles. The predicted octanol–water partition coefficient (Wildman–Crippen LogP) is 2.85. The number of anilines is 1. The quantitative estimate of drug-likeness (QED) is 0.920. The summed E-state index contributed by atoms with van der Waals surface area (Å²) in [5, 5.41) is 4.94. The first-order chi connectivity index (χ1) is 11.2. The van der Waals surface area contributed by atoms with Gasteiger partial charge in [-0.25, -0.2) is 0 Å². The number of para-hydroxylation sites is 1. The van der Waals surface area contributed by atoms with Crippen molar-refractivity contribution in [2.24, 2.45) is 0 Å². The molecular formula is C19H28N4. The number of nitrogens with zero attached hydrogens (tertiary/aromatic N) is 3. The number of likely N-dealkylation sites (N-methyl/N-ethyl adjacent to an activating group) is 1. The van der Waals surface area contributed by atoms with E-state index in [1.54, 1.807) is 0 Å². The fraction of sp³-hybridized carbons (Fsp3) is 0.526. The van der Waals surface area contributed by atoms with Crippen molar-refractivity contribution in [2.45, 2.75) is 26.3 Å². The molecule has 0 spiro atoms. The van der Waals surface area contributed by atoms with Crippen LogP contribution in [0.5, 0.6) is 0 Å². The number of hydrogen-bond acceptors (Lipinski definition) is 4. The summed E-state index contributed by atoms with van der Waals surface area (Å²) in [5.41, 5.74) is 3.45. The van der Waals surface area contributed by atoms with Crippen molar-refractivity contribution in [3.8, 4) is 0 Å². The number of fused-ring (bicyclic) bond motifs is 1. The van der Waals surface area contributed by atoms with E-state index in [4.69, 9.17) is 4.98 Å². The van der Waals surface area contributed by atoms with E-state index < -0.39 is 0 Å². The van der Waals surface area contributed by atoms with Gasteiger partial charge >= 0.3 is 0 Å². The maximum atomic E-state index is 4.73. The molecule has 1 aliphatic rings. The zero-order valence-corrected chi connectivity index (χ0v) is 14.5. The molecule has 124 valence electrons. The Balaban J connectivity index is 1.72. The number of piperazine rings is 1. The fourth-order valence-corrected chi connectivity index (χ4v) is 3.26. The average Bonchev–Trinajstić information content (AvgIpc) is 2.56. The van der Waals surface area contributed by atoms with E-state index in [2.05, 4.69) is 66.3 Å². The second-order valence-corrected chi connectivity index (χ2v) is 6.68. The Labute approximate surface area is 139 Å². The van der Waals surface area contributed by atoms with Crippen LogP contribution in [-0.4, -0.2) is 60.6 Å². The number of pyridine rings is 1. The Kier molecular flexibility index (Phi) is 5.13. The highest BCUT2D eigenvalue weighted by molar-refractivity contribution is 5.91. The summed E-state index contributed by atoms with van der Waals surface area (Å²) in [5.74, 6) is 0. The van der Waals surface area contributed by atoms with Gasteiger partial charge < -0.3 is 10.2 Å².